The van der Waals surface area contributed by atoms with E-state index in [9.17, 15) is 14.4 Å². The molecule has 0 aliphatic carbocycles. The van der Waals surface area contributed by atoms with Crippen LogP contribution in [-0.4, -0.2) is 85.2 Å². The molecule has 1 atom stereocenters. The maximum absolute atomic E-state index is 12.5. The number of hydrogen-bond donors (Lipinski definition) is 2. The van der Waals surface area contributed by atoms with E-state index < -0.39 is 17.8 Å². The largest absolute Gasteiger partial charge is 0.465 e. The minimum Gasteiger partial charge on any atom is -0.465 e. The summed E-state index contributed by atoms with van der Waals surface area (Å²) in [4.78, 5) is 39.7. The highest BCUT2D eigenvalue weighted by molar-refractivity contribution is 7.80. The molecular weight excluding hydrogens is 408 g/mol. The third-order valence-electron chi connectivity index (χ3n) is 5.12. The second kappa shape index (κ2) is 10.4. The molecule has 2 amide bonds. The fourth-order valence-electron chi connectivity index (χ4n) is 3.37. The van der Waals surface area contributed by atoms with Crippen LogP contribution in [0.15, 0.2) is 24.3 Å². The summed E-state index contributed by atoms with van der Waals surface area (Å²) in [5.41, 5.74) is 0.793. The van der Waals surface area contributed by atoms with Crippen LogP contribution in [0.3, 0.4) is 0 Å². The van der Waals surface area contributed by atoms with Crippen molar-refractivity contribution in [3.8, 4) is 0 Å². The van der Waals surface area contributed by atoms with Gasteiger partial charge in [-0.3, -0.25) is 9.59 Å². The van der Waals surface area contributed by atoms with Crippen molar-refractivity contribution >= 4 is 40.8 Å². The zero-order chi connectivity index (χ0) is 21.5. The van der Waals surface area contributed by atoms with E-state index in [1.807, 2.05) is 4.90 Å². The Hall–Kier alpha value is -2.72. The molecule has 2 aliphatic rings. The van der Waals surface area contributed by atoms with E-state index >= 15 is 0 Å². The predicted octanol–water partition coefficient (Wildman–Crippen LogP) is 0.609. The molecule has 2 fully saturated rings. The molecular formula is C20H26N4O5S. The molecule has 0 radical (unpaired) electrons. The highest BCUT2D eigenvalue weighted by Gasteiger charge is 2.27. The summed E-state index contributed by atoms with van der Waals surface area (Å²) in [5.74, 6) is -1.77. The zero-order valence-electron chi connectivity index (χ0n) is 16.9. The van der Waals surface area contributed by atoms with Crippen molar-refractivity contribution in [2.24, 2.45) is 0 Å². The minimum absolute atomic E-state index is 0.205. The van der Waals surface area contributed by atoms with Crippen molar-refractivity contribution < 1.29 is 23.9 Å². The van der Waals surface area contributed by atoms with Crippen molar-refractivity contribution in [3.05, 3.63) is 29.8 Å². The van der Waals surface area contributed by atoms with Crippen LogP contribution in [0.25, 0.3) is 0 Å². The summed E-state index contributed by atoms with van der Waals surface area (Å²) >= 11 is 5.43. The molecule has 2 aliphatic heterocycles. The fourth-order valence-corrected chi connectivity index (χ4v) is 3.63. The van der Waals surface area contributed by atoms with Gasteiger partial charge in [0.15, 0.2) is 5.11 Å². The molecule has 1 aromatic carbocycles. The van der Waals surface area contributed by atoms with Gasteiger partial charge in [-0.1, -0.05) is 0 Å². The number of ether oxygens (including phenoxy) is 2. The average Bonchev–Trinajstić information content (AvgIpc) is 3.30. The van der Waals surface area contributed by atoms with Crippen LogP contribution < -0.4 is 10.6 Å². The first-order valence-corrected chi connectivity index (χ1v) is 10.3. The Morgan fingerprint density at radius 3 is 2.40 bits per heavy atom. The third-order valence-corrected chi connectivity index (χ3v) is 5.52. The van der Waals surface area contributed by atoms with E-state index in [1.54, 1.807) is 12.1 Å². The fraction of sp³-hybridized carbons (Fsp3) is 0.500. The Kier molecular flexibility index (Phi) is 7.58. The normalized spacial score (nSPS) is 18.6. The number of methoxy groups -OCH3 is 1. The molecule has 1 aromatic rings. The molecule has 162 valence electrons. The van der Waals surface area contributed by atoms with Crippen LogP contribution in [0.1, 0.15) is 23.2 Å². The lowest BCUT2D eigenvalue weighted by Crippen LogP contribution is -2.55. The number of nitrogens with one attached hydrogen (secondary N) is 2. The Bertz CT molecular complexity index is 787. The van der Waals surface area contributed by atoms with Crippen molar-refractivity contribution in [2.75, 3.05) is 51.8 Å². The van der Waals surface area contributed by atoms with E-state index in [2.05, 4.69) is 15.4 Å². The first kappa shape index (κ1) is 22.0. The van der Waals surface area contributed by atoms with Crippen LogP contribution in [-0.2, 0) is 19.1 Å². The number of rotatable bonds is 4. The molecule has 30 heavy (non-hydrogen) atoms. The average molecular weight is 435 g/mol. The van der Waals surface area contributed by atoms with Crippen LogP contribution in [0.2, 0.25) is 0 Å². The van der Waals surface area contributed by atoms with Gasteiger partial charge in [-0.2, -0.15) is 0 Å². The van der Waals surface area contributed by atoms with Crippen molar-refractivity contribution in [2.45, 2.75) is 18.9 Å². The first-order valence-electron chi connectivity index (χ1n) is 9.91. The van der Waals surface area contributed by atoms with E-state index in [4.69, 9.17) is 17.0 Å². The molecule has 2 heterocycles. The Morgan fingerprint density at radius 2 is 1.80 bits per heavy atom. The van der Waals surface area contributed by atoms with Gasteiger partial charge in [0.05, 0.1) is 18.8 Å². The Balaban J connectivity index is 1.43. The molecule has 0 spiro atoms. The van der Waals surface area contributed by atoms with Gasteiger partial charge in [0.25, 0.3) is 0 Å². The van der Waals surface area contributed by atoms with Crippen LogP contribution >= 0.6 is 12.2 Å². The van der Waals surface area contributed by atoms with Crippen LogP contribution in [0.4, 0.5) is 5.69 Å². The molecule has 10 heteroatoms. The van der Waals surface area contributed by atoms with E-state index in [0.29, 0.717) is 49.1 Å². The van der Waals surface area contributed by atoms with Gasteiger partial charge >= 0.3 is 17.8 Å². The quantitative estimate of drug-likeness (QED) is 0.404. The third kappa shape index (κ3) is 5.67. The molecule has 3 rings (SSSR count). The second-order valence-electron chi connectivity index (χ2n) is 7.12. The molecule has 0 unspecified atom stereocenters. The molecule has 0 aromatic heterocycles. The van der Waals surface area contributed by atoms with Crippen molar-refractivity contribution in [1.82, 2.24) is 15.1 Å². The molecule has 0 saturated carbocycles. The van der Waals surface area contributed by atoms with Gasteiger partial charge in [0, 0.05) is 45.0 Å². The van der Waals surface area contributed by atoms with Crippen molar-refractivity contribution in [3.63, 3.8) is 0 Å². The second-order valence-corrected chi connectivity index (χ2v) is 7.51. The number of esters is 1. The number of hydrogen-bond acceptors (Lipinski definition) is 6. The number of benzene rings is 1. The number of piperazine rings is 1. The summed E-state index contributed by atoms with van der Waals surface area (Å²) in [7, 11) is 1.29. The standard InChI is InChI=1S/C20H26N4O5S/c1-28-19(27)14-4-6-15(7-5-14)22-17(25)18(26)23-8-10-24(11-9-23)20(30)21-13-16-3-2-12-29-16/h4-7,16H,2-3,8-13H2,1H3,(H,21,30)(H,22,25)/t16-/m1/s1. The topological polar surface area (TPSA) is 100 Å². The van der Waals surface area contributed by atoms with E-state index in [-0.39, 0.29) is 6.10 Å². The van der Waals surface area contributed by atoms with Gasteiger partial charge in [-0.15, -0.1) is 0 Å². The molecule has 9 nitrogen and oxygen atoms in total. The lowest BCUT2D eigenvalue weighted by Gasteiger charge is -2.36. The maximum Gasteiger partial charge on any atom is 0.337 e. The van der Waals surface area contributed by atoms with Crippen molar-refractivity contribution in [1.29, 1.82) is 0 Å². The zero-order valence-corrected chi connectivity index (χ0v) is 17.7. The van der Waals surface area contributed by atoms with Gasteiger partial charge < -0.3 is 29.9 Å². The van der Waals surface area contributed by atoms with Gasteiger partial charge in [0.1, 0.15) is 0 Å². The predicted molar refractivity (Wildman–Crippen MR) is 114 cm³/mol. The highest BCUT2D eigenvalue weighted by Crippen LogP contribution is 2.12. The van der Waals surface area contributed by atoms with Gasteiger partial charge in [0.2, 0.25) is 0 Å². The lowest BCUT2D eigenvalue weighted by molar-refractivity contribution is -0.144. The Morgan fingerprint density at radius 1 is 1.13 bits per heavy atom. The van der Waals surface area contributed by atoms with E-state index in [1.165, 1.54) is 24.1 Å². The van der Waals surface area contributed by atoms with Crippen LogP contribution in [0.5, 0.6) is 0 Å². The number of carbonyl (C=O) groups excluding carboxylic acids is 3. The monoisotopic (exact) mass is 434 g/mol. The number of carbonyl (C=O) groups is 3. The lowest BCUT2D eigenvalue weighted by atomic mass is 10.2. The number of amides is 2. The number of thiocarbonyl (C=S) groups is 1. The summed E-state index contributed by atoms with van der Waals surface area (Å²) < 4.78 is 10.2. The SMILES string of the molecule is COC(=O)c1ccc(NC(=O)C(=O)N2CCN(C(=S)NC[C@H]3CCCO3)CC2)cc1. The molecule has 2 saturated heterocycles. The Labute approximate surface area is 180 Å². The van der Waals surface area contributed by atoms with Gasteiger partial charge in [-0.05, 0) is 49.3 Å². The van der Waals surface area contributed by atoms with Gasteiger partial charge in [-0.25, -0.2) is 4.79 Å². The molecule has 0 bridgehead atoms. The summed E-state index contributed by atoms with van der Waals surface area (Å²) in [6, 6.07) is 6.14. The smallest absolute Gasteiger partial charge is 0.337 e. The maximum atomic E-state index is 12.5. The van der Waals surface area contributed by atoms with Crippen LogP contribution in [0, 0.1) is 0 Å². The summed E-state index contributed by atoms with van der Waals surface area (Å²) in [6.07, 6.45) is 2.33. The number of nitrogens with zero attached hydrogens (tertiary/aromatic N) is 2. The number of anilines is 1. The van der Waals surface area contributed by atoms with E-state index in [0.717, 1.165) is 19.4 Å². The molecule has 2 N–H and O–H groups in total. The highest BCUT2D eigenvalue weighted by atomic mass is 32.1. The minimum atomic E-state index is -0.714. The summed E-state index contributed by atoms with van der Waals surface area (Å²) in [5, 5.41) is 6.43. The summed E-state index contributed by atoms with van der Waals surface area (Å²) in [6.45, 7) is 3.44. The first-order chi connectivity index (χ1) is 14.5.